The van der Waals surface area contributed by atoms with Crippen LogP contribution in [0.5, 0.6) is 0 Å². The molecule has 2 fully saturated rings. The van der Waals surface area contributed by atoms with E-state index in [0.717, 1.165) is 0 Å². The molecule has 2 rings (SSSR count). The van der Waals surface area contributed by atoms with E-state index in [1.165, 1.54) is 0 Å². The summed E-state index contributed by atoms with van der Waals surface area (Å²) in [6, 6.07) is 0. The average Bonchev–Trinajstić information content (AvgIpc) is 2.88. The van der Waals surface area contributed by atoms with Crippen LogP contribution >= 0.6 is 0 Å². The van der Waals surface area contributed by atoms with Gasteiger partial charge in [0, 0.05) is 0 Å². The second-order valence-electron chi connectivity index (χ2n) is 4.89. The Kier molecular flexibility index (Phi) is 2.79. The van der Waals surface area contributed by atoms with Crippen molar-refractivity contribution < 1.29 is 22.2 Å². The summed E-state index contributed by atoms with van der Waals surface area (Å²) in [5.41, 5.74) is 0. The highest BCUT2D eigenvalue weighted by Crippen LogP contribution is 2.49. The number of hydrogen-bond donors (Lipinski definition) is 1. The lowest BCUT2D eigenvalue weighted by atomic mass is 10.2. The number of nitrogens with two attached hydrogens (primary N) is 1. The van der Waals surface area contributed by atoms with E-state index in [9.17, 15) is 8.42 Å². The summed E-state index contributed by atoms with van der Waals surface area (Å²) in [6.07, 6.45) is 1.33. The molecule has 1 aliphatic heterocycles. The third kappa shape index (κ3) is 2.10. The van der Waals surface area contributed by atoms with Crippen LogP contribution in [-0.2, 0) is 23.9 Å². The molecule has 2 aliphatic rings. The predicted molar refractivity (Wildman–Crippen MR) is 55.7 cm³/mol. The Hall–Kier alpha value is -0.210. The van der Waals surface area contributed by atoms with Gasteiger partial charge in [-0.2, -0.15) is 18.6 Å². The maximum absolute atomic E-state index is 11.6. The molecule has 0 bridgehead atoms. The molecule has 6 nitrogen and oxygen atoms in total. The van der Waals surface area contributed by atoms with Gasteiger partial charge >= 0.3 is 0 Å². The fourth-order valence-electron chi connectivity index (χ4n) is 2.08. The van der Waals surface area contributed by atoms with Gasteiger partial charge in [-0.25, -0.2) is 0 Å². The highest BCUT2D eigenvalue weighted by molar-refractivity contribution is 7.88. The van der Waals surface area contributed by atoms with Crippen LogP contribution in [-0.4, -0.2) is 31.7 Å². The lowest BCUT2D eigenvalue weighted by molar-refractivity contribution is -0.139. The maximum atomic E-state index is 11.6. The number of rotatable bonds is 4. The Labute approximate surface area is 95.1 Å². The van der Waals surface area contributed by atoms with Gasteiger partial charge in [-0.3, -0.25) is 0 Å². The molecular weight excluding hydrogens is 234 g/mol. The second kappa shape index (κ2) is 3.64. The smallest absolute Gasteiger partial charge is 0.288 e. The molecule has 0 amide bonds. The Morgan fingerprint density at radius 3 is 2.44 bits per heavy atom. The molecule has 7 heteroatoms. The van der Waals surface area contributed by atoms with Crippen molar-refractivity contribution in [1.82, 2.24) is 0 Å². The van der Waals surface area contributed by atoms with Gasteiger partial charge in [0.15, 0.2) is 5.79 Å². The molecule has 16 heavy (non-hydrogen) atoms. The van der Waals surface area contributed by atoms with Crippen LogP contribution in [0.3, 0.4) is 0 Å². The van der Waals surface area contributed by atoms with Crippen molar-refractivity contribution in [3.63, 3.8) is 0 Å². The summed E-state index contributed by atoms with van der Waals surface area (Å²) < 4.78 is 37.4. The summed E-state index contributed by atoms with van der Waals surface area (Å²) in [5.74, 6) is 4.17. The molecule has 1 aliphatic carbocycles. The van der Waals surface area contributed by atoms with Crippen LogP contribution in [0.15, 0.2) is 0 Å². The lowest BCUT2D eigenvalue weighted by Gasteiger charge is -2.20. The Morgan fingerprint density at radius 2 is 2.06 bits per heavy atom. The van der Waals surface area contributed by atoms with Gasteiger partial charge < -0.3 is 9.47 Å². The molecule has 1 atom stereocenters. The molecule has 1 saturated heterocycles. The second-order valence-corrected chi connectivity index (χ2v) is 6.85. The zero-order valence-electron chi connectivity index (χ0n) is 9.43. The highest BCUT2D eigenvalue weighted by Gasteiger charge is 2.57. The van der Waals surface area contributed by atoms with Crippen molar-refractivity contribution in [2.24, 2.45) is 5.90 Å². The first-order valence-electron chi connectivity index (χ1n) is 5.25. The van der Waals surface area contributed by atoms with Crippen molar-refractivity contribution in [1.29, 1.82) is 0 Å². The number of hydrogen-bond acceptors (Lipinski definition) is 6. The standard InChI is InChI=1S/C9H17NO5S/c1-8(2)13-6-7(14-8)5-9(3-4-9)16(11,12)15-10/h7H,3-6,10H2,1-2H3/t7-/m1/s1. The molecule has 94 valence electrons. The average molecular weight is 251 g/mol. The van der Waals surface area contributed by atoms with Crippen molar-refractivity contribution in [3.8, 4) is 0 Å². The SMILES string of the molecule is CC1(C)OC[C@@H](CC2(S(=O)(=O)ON)CC2)O1. The van der Waals surface area contributed by atoms with Crippen LogP contribution in [0.2, 0.25) is 0 Å². The van der Waals surface area contributed by atoms with E-state index in [4.69, 9.17) is 15.4 Å². The Balaban J connectivity index is 2.01. The molecule has 0 aromatic carbocycles. The lowest BCUT2D eigenvalue weighted by Crippen LogP contribution is -2.33. The normalized spacial score (nSPS) is 31.6. The minimum Gasteiger partial charge on any atom is -0.348 e. The molecular formula is C9H17NO5S. The van der Waals surface area contributed by atoms with Crippen LogP contribution < -0.4 is 5.90 Å². The molecule has 0 radical (unpaired) electrons. The zero-order valence-corrected chi connectivity index (χ0v) is 10.2. The van der Waals surface area contributed by atoms with E-state index in [0.29, 0.717) is 25.9 Å². The molecule has 0 spiro atoms. The Bertz CT molecular complexity index is 373. The third-order valence-corrected chi connectivity index (χ3v) is 5.02. The van der Waals surface area contributed by atoms with E-state index in [1.807, 2.05) is 0 Å². The molecule has 1 heterocycles. The van der Waals surface area contributed by atoms with E-state index in [-0.39, 0.29) is 6.10 Å². The van der Waals surface area contributed by atoms with Crippen LogP contribution in [0, 0.1) is 0 Å². The van der Waals surface area contributed by atoms with Crippen molar-refractivity contribution >= 4 is 10.1 Å². The van der Waals surface area contributed by atoms with Crippen LogP contribution in [0.25, 0.3) is 0 Å². The van der Waals surface area contributed by atoms with Crippen LogP contribution in [0.1, 0.15) is 33.1 Å². The first kappa shape index (κ1) is 12.3. The van der Waals surface area contributed by atoms with Crippen molar-refractivity contribution in [2.45, 2.75) is 49.7 Å². The first-order valence-corrected chi connectivity index (χ1v) is 6.66. The first-order chi connectivity index (χ1) is 7.30. The van der Waals surface area contributed by atoms with Gasteiger partial charge in [0.1, 0.15) is 4.75 Å². The predicted octanol–water partition coefficient (Wildman–Crippen LogP) is 0.281. The van der Waals surface area contributed by atoms with E-state index < -0.39 is 20.7 Å². The maximum Gasteiger partial charge on any atom is 0.288 e. The quantitative estimate of drug-likeness (QED) is 0.722. The fourth-order valence-corrected chi connectivity index (χ4v) is 3.27. The minimum atomic E-state index is -3.67. The van der Waals surface area contributed by atoms with Crippen LogP contribution in [0.4, 0.5) is 0 Å². The molecule has 0 unspecified atom stereocenters. The van der Waals surface area contributed by atoms with Gasteiger partial charge in [0.05, 0.1) is 12.7 Å². The van der Waals surface area contributed by atoms with E-state index in [2.05, 4.69) is 4.28 Å². The molecule has 1 saturated carbocycles. The topological polar surface area (TPSA) is 87.9 Å². The van der Waals surface area contributed by atoms with Gasteiger partial charge in [-0.05, 0) is 33.1 Å². The highest BCUT2D eigenvalue weighted by atomic mass is 32.2. The van der Waals surface area contributed by atoms with Gasteiger partial charge in [-0.15, -0.1) is 0 Å². The third-order valence-electron chi connectivity index (χ3n) is 3.13. The van der Waals surface area contributed by atoms with E-state index >= 15 is 0 Å². The number of ether oxygens (including phenoxy) is 2. The summed E-state index contributed by atoms with van der Waals surface area (Å²) in [4.78, 5) is 0. The molecule has 2 N–H and O–H groups in total. The summed E-state index contributed by atoms with van der Waals surface area (Å²) >= 11 is 0. The largest absolute Gasteiger partial charge is 0.348 e. The summed E-state index contributed by atoms with van der Waals surface area (Å²) in [7, 11) is -3.67. The summed E-state index contributed by atoms with van der Waals surface area (Å²) in [6.45, 7) is 4.02. The van der Waals surface area contributed by atoms with E-state index in [1.54, 1.807) is 13.8 Å². The molecule has 0 aromatic rings. The van der Waals surface area contributed by atoms with Crippen molar-refractivity contribution in [2.75, 3.05) is 6.61 Å². The fraction of sp³-hybridized carbons (Fsp3) is 1.00. The monoisotopic (exact) mass is 251 g/mol. The zero-order chi connectivity index (χ0) is 12.0. The van der Waals surface area contributed by atoms with Gasteiger partial charge in [0.25, 0.3) is 10.1 Å². The summed E-state index contributed by atoms with van der Waals surface area (Å²) in [5, 5.41) is 0. The van der Waals surface area contributed by atoms with Crippen molar-refractivity contribution in [3.05, 3.63) is 0 Å². The van der Waals surface area contributed by atoms with Gasteiger partial charge in [0.2, 0.25) is 0 Å². The molecule has 0 aromatic heterocycles. The van der Waals surface area contributed by atoms with Gasteiger partial charge in [-0.1, -0.05) is 0 Å². The minimum absolute atomic E-state index is 0.206. The Morgan fingerprint density at radius 1 is 1.44 bits per heavy atom.